The van der Waals surface area contributed by atoms with Crippen molar-refractivity contribution in [1.82, 2.24) is 5.32 Å². The number of nitrogens with one attached hydrogen (secondary N) is 1. The Hall–Kier alpha value is -1.09. The molecule has 0 amide bonds. The first-order chi connectivity index (χ1) is 8.33. The van der Waals surface area contributed by atoms with Crippen molar-refractivity contribution < 1.29 is 9.13 Å². The van der Waals surface area contributed by atoms with Gasteiger partial charge in [0.1, 0.15) is 11.9 Å². The summed E-state index contributed by atoms with van der Waals surface area (Å²) >= 11 is 0. The van der Waals surface area contributed by atoms with E-state index < -0.39 is 6.17 Å². The highest BCUT2D eigenvalue weighted by molar-refractivity contribution is 5.29. The van der Waals surface area contributed by atoms with Crippen molar-refractivity contribution >= 4 is 0 Å². The standard InChI is InChI=1S/C14H18FNO/c15-14(13-2-1-9-16-13)10-3-5-11(6-4-10)17-12-7-8-12/h3-6,12-14,16H,1-2,7-9H2. The van der Waals surface area contributed by atoms with E-state index in [0.29, 0.717) is 6.10 Å². The third-order valence-corrected chi connectivity index (χ3v) is 3.48. The number of halogens is 1. The molecule has 2 fully saturated rings. The van der Waals surface area contributed by atoms with Crippen LogP contribution in [-0.4, -0.2) is 18.7 Å². The van der Waals surface area contributed by atoms with E-state index >= 15 is 0 Å². The van der Waals surface area contributed by atoms with Crippen LogP contribution in [0.2, 0.25) is 0 Å². The summed E-state index contributed by atoms with van der Waals surface area (Å²) in [5.41, 5.74) is 0.757. The molecule has 2 unspecified atom stereocenters. The third-order valence-electron chi connectivity index (χ3n) is 3.48. The molecule has 0 radical (unpaired) electrons. The van der Waals surface area contributed by atoms with Gasteiger partial charge in [-0.1, -0.05) is 12.1 Å². The van der Waals surface area contributed by atoms with Gasteiger partial charge >= 0.3 is 0 Å². The van der Waals surface area contributed by atoms with Gasteiger partial charge in [0.2, 0.25) is 0 Å². The van der Waals surface area contributed by atoms with Crippen molar-refractivity contribution in [2.24, 2.45) is 0 Å². The van der Waals surface area contributed by atoms with Gasteiger partial charge < -0.3 is 10.1 Å². The molecule has 0 aromatic heterocycles. The minimum absolute atomic E-state index is 0.00907. The molecule has 1 aliphatic heterocycles. The Morgan fingerprint density at radius 1 is 1.18 bits per heavy atom. The fraction of sp³-hybridized carbons (Fsp3) is 0.571. The lowest BCUT2D eigenvalue weighted by molar-refractivity contribution is 0.270. The molecule has 1 aliphatic carbocycles. The predicted octanol–water partition coefficient (Wildman–Crippen LogP) is 2.99. The average molecular weight is 235 g/mol. The van der Waals surface area contributed by atoms with Crippen molar-refractivity contribution in [3.63, 3.8) is 0 Å². The third kappa shape index (κ3) is 2.60. The van der Waals surface area contributed by atoms with Crippen molar-refractivity contribution in [3.8, 4) is 5.75 Å². The van der Waals surface area contributed by atoms with Crippen LogP contribution < -0.4 is 10.1 Å². The second-order valence-corrected chi connectivity index (χ2v) is 4.99. The number of ether oxygens (including phenoxy) is 1. The van der Waals surface area contributed by atoms with Gasteiger partial charge in [0.15, 0.2) is 0 Å². The predicted molar refractivity (Wildman–Crippen MR) is 65.0 cm³/mol. The van der Waals surface area contributed by atoms with Crippen molar-refractivity contribution in [3.05, 3.63) is 29.8 Å². The van der Waals surface area contributed by atoms with E-state index in [0.717, 1.165) is 43.5 Å². The van der Waals surface area contributed by atoms with Crippen molar-refractivity contribution in [2.45, 2.75) is 44.0 Å². The van der Waals surface area contributed by atoms with Crippen molar-refractivity contribution in [2.75, 3.05) is 6.54 Å². The molecule has 3 rings (SSSR count). The summed E-state index contributed by atoms with van der Waals surface area (Å²) in [6.45, 7) is 0.938. The van der Waals surface area contributed by atoms with Crippen LogP contribution in [0.4, 0.5) is 4.39 Å². The molecule has 1 saturated heterocycles. The zero-order valence-corrected chi connectivity index (χ0v) is 9.86. The molecule has 2 aliphatic rings. The number of alkyl halides is 1. The summed E-state index contributed by atoms with van der Waals surface area (Å²) in [5.74, 6) is 0.864. The molecule has 2 atom stereocenters. The Balaban J connectivity index is 1.65. The van der Waals surface area contributed by atoms with Crippen LogP contribution >= 0.6 is 0 Å². The van der Waals surface area contributed by atoms with E-state index in [1.165, 1.54) is 0 Å². The first kappa shape index (κ1) is 11.0. The number of hydrogen-bond acceptors (Lipinski definition) is 2. The quantitative estimate of drug-likeness (QED) is 0.866. The molecule has 1 aromatic rings. The maximum Gasteiger partial charge on any atom is 0.140 e. The molecular formula is C14H18FNO. The molecular weight excluding hydrogens is 217 g/mol. The molecule has 2 nitrogen and oxygen atoms in total. The van der Waals surface area contributed by atoms with Crippen LogP contribution in [0.15, 0.2) is 24.3 Å². The lowest BCUT2D eigenvalue weighted by Crippen LogP contribution is -2.26. The fourth-order valence-electron chi connectivity index (χ4n) is 2.30. The molecule has 1 N–H and O–H groups in total. The van der Waals surface area contributed by atoms with Gasteiger partial charge in [-0.25, -0.2) is 4.39 Å². The number of hydrogen-bond donors (Lipinski definition) is 1. The highest BCUT2D eigenvalue weighted by atomic mass is 19.1. The molecule has 3 heteroatoms. The van der Waals surface area contributed by atoms with Gasteiger partial charge in [-0.2, -0.15) is 0 Å². The molecule has 0 spiro atoms. The molecule has 17 heavy (non-hydrogen) atoms. The van der Waals surface area contributed by atoms with Gasteiger partial charge in [0, 0.05) is 6.04 Å². The lowest BCUT2D eigenvalue weighted by Gasteiger charge is -2.16. The second kappa shape index (κ2) is 4.65. The Labute approximate surface area is 101 Å². The zero-order chi connectivity index (χ0) is 11.7. The molecule has 92 valence electrons. The number of benzene rings is 1. The van der Waals surface area contributed by atoms with E-state index in [2.05, 4.69) is 5.32 Å². The van der Waals surface area contributed by atoms with Crippen LogP contribution in [0.3, 0.4) is 0 Å². The zero-order valence-electron chi connectivity index (χ0n) is 9.86. The van der Waals surface area contributed by atoms with Crippen LogP contribution in [0.25, 0.3) is 0 Å². The first-order valence-electron chi connectivity index (χ1n) is 6.47. The Kier molecular flexibility index (Phi) is 3.02. The maximum atomic E-state index is 14.1. The van der Waals surface area contributed by atoms with Crippen LogP contribution in [0, 0.1) is 0 Å². The summed E-state index contributed by atoms with van der Waals surface area (Å²) in [4.78, 5) is 0. The van der Waals surface area contributed by atoms with E-state index in [-0.39, 0.29) is 6.04 Å². The smallest absolute Gasteiger partial charge is 0.140 e. The average Bonchev–Trinajstić information content (AvgIpc) is 3.00. The van der Waals surface area contributed by atoms with Crippen LogP contribution in [0.5, 0.6) is 5.75 Å². The Morgan fingerprint density at radius 2 is 1.94 bits per heavy atom. The normalized spacial score (nSPS) is 25.8. The van der Waals surface area contributed by atoms with E-state index in [4.69, 9.17) is 4.74 Å². The summed E-state index contributed by atoms with van der Waals surface area (Å²) in [6.07, 6.45) is 3.82. The number of rotatable bonds is 4. The van der Waals surface area contributed by atoms with Gasteiger partial charge in [-0.3, -0.25) is 0 Å². The Morgan fingerprint density at radius 3 is 2.53 bits per heavy atom. The summed E-state index contributed by atoms with van der Waals surface area (Å²) in [5, 5.41) is 3.21. The van der Waals surface area contributed by atoms with Crippen molar-refractivity contribution in [1.29, 1.82) is 0 Å². The largest absolute Gasteiger partial charge is 0.490 e. The monoisotopic (exact) mass is 235 g/mol. The minimum Gasteiger partial charge on any atom is -0.490 e. The van der Waals surface area contributed by atoms with E-state index in [9.17, 15) is 4.39 Å². The Bertz CT molecular complexity index is 368. The molecule has 1 aromatic carbocycles. The van der Waals surface area contributed by atoms with Gasteiger partial charge in [-0.05, 0) is 49.9 Å². The summed E-state index contributed by atoms with van der Waals surface area (Å²) in [6, 6.07) is 7.46. The maximum absolute atomic E-state index is 14.1. The molecule has 1 saturated carbocycles. The van der Waals surface area contributed by atoms with E-state index in [1.54, 1.807) is 0 Å². The van der Waals surface area contributed by atoms with Gasteiger partial charge in [-0.15, -0.1) is 0 Å². The summed E-state index contributed by atoms with van der Waals surface area (Å²) in [7, 11) is 0. The topological polar surface area (TPSA) is 21.3 Å². The highest BCUT2D eigenvalue weighted by Crippen LogP contribution is 2.30. The highest BCUT2D eigenvalue weighted by Gasteiger charge is 2.26. The lowest BCUT2D eigenvalue weighted by atomic mass is 10.0. The van der Waals surface area contributed by atoms with Crippen LogP contribution in [0.1, 0.15) is 37.4 Å². The van der Waals surface area contributed by atoms with Gasteiger partial charge in [0.05, 0.1) is 6.10 Å². The first-order valence-corrected chi connectivity index (χ1v) is 6.47. The molecule has 0 bridgehead atoms. The fourth-order valence-corrected chi connectivity index (χ4v) is 2.30. The van der Waals surface area contributed by atoms with Gasteiger partial charge in [0.25, 0.3) is 0 Å². The second-order valence-electron chi connectivity index (χ2n) is 4.99. The summed E-state index contributed by atoms with van der Waals surface area (Å²) < 4.78 is 19.8. The van der Waals surface area contributed by atoms with E-state index in [1.807, 2.05) is 24.3 Å². The van der Waals surface area contributed by atoms with Crippen LogP contribution in [-0.2, 0) is 0 Å². The SMILES string of the molecule is FC(c1ccc(OC2CC2)cc1)C1CCCN1. The molecule has 1 heterocycles. The minimum atomic E-state index is -0.896.